The summed E-state index contributed by atoms with van der Waals surface area (Å²) in [6, 6.07) is 0. The van der Waals surface area contributed by atoms with E-state index in [1.807, 2.05) is 0 Å². The van der Waals surface area contributed by atoms with Gasteiger partial charge in [0, 0.05) is 32.8 Å². The van der Waals surface area contributed by atoms with E-state index in [4.69, 9.17) is 0 Å². The molecule has 0 aromatic heterocycles. The average Bonchev–Trinajstić information content (AvgIpc) is 2.41. The minimum atomic E-state index is 0.700. The molecular weight excluding hydrogens is 130 g/mol. The molecule has 0 atom stereocenters. The molecule has 57 valence electrons. The topological polar surface area (TPSA) is 44.4 Å². The fourth-order valence-corrected chi connectivity index (χ4v) is 1.01. The zero-order chi connectivity index (χ0) is 7.23. The van der Waals surface area contributed by atoms with E-state index in [1.54, 1.807) is 6.41 Å². The number of hydrogen-bond donors (Lipinski definition) is 2. The van der Waals surface area contributed by atoms with Crippen molar-refractivity contribution in [2.24, 2.45) is 0 Å². The highest BCUT2D eigenvalue weighted by atomic mass is 16.1. The van der Waals surface area contributed by atoms with Gasteiger partial charge in [0.1, 0.15) is 0 Å². The Labute approximate surface area is 60.6 Å². The Morgan fingerprint density at radius 2 is 2.60 bits per heavy atom. The van der Waals surface area contributed by atoms with Crippen LogP contribution in [0.3, 0.4) is 0 Å². The van der Waals surface area contributed by atoms with Crippen LogP contribution in [0.5, 0.6) is 0 Å². The van der Waals surface area contributed by atoms with Gasteiger partial charge in [0.2, 0.25) is 0 Å². The smallest absolute Gasteiger partial charge is 0.309 e. The van der Waals surface area contributed by atoms with Crippen LogP contribution in [0, 0.1) is 0 Å². The van der Waals surface area contributed by atoms with Gasteiger partial charge in [-0.2, -0.15) is 0 Å². The van der Waals surface area contributed by atoms with Crippen LogP contribution in [-0.2, 0) is 4.79 Å². The van der Waals surface area contributed by atoms with E-state index in [0.29, 0.717) is 6.54 Å². The Kier molecular flexibility index (Phi) is 3.18. The molecule has 0 saturated carbocycles. The third kappa shape index (κ3) is 2.33. The van der Waals surface area contributed by atoms with Crippen LogP contribution in [0.1, 0.15) is 0 Å². The summed E-state index contributed by atoms with van der Waals surface area (Å²) in [6.07, 6.45) is 1.64. The molecule has 4 nitrogen and oxygen atoms in total. The summed E-state index contributed by atoms with van der Waals surface area (Å²) in [7, 11) is 0. The molecule has 4 heteroatoms. The first-order chi connectivity index (χ1) is 4.93. The summed E-state index contributed by atoms with van der Waals surface area (Å²) in [6.45, 7) is 4.71. The zero-order valence-electron chi connectivity index (χ0n) is 5.89. The second-order valence-corrected chi connectivity index (χ2v) is 2.30. The molecule has 0 aromatic rings. The van der Waals surface area contributed by atoms with Gasteiger partial charge >= 0.3 is 6.41 Å². The third-order valence-electron chi connectivity index (χ3n) is 1.57. The van der Waals surface area contributed by atoms with Crippen molar-refractivity contribution in [3.63, 3.8) is 0 Å². The summed E-state index contributed by atoms with van der Waals surface area (Å²) in [5.74, 6) is 0. The third-order valence-corrected chi connectivity index (χ3v) is 1.57. The Bertz CT molecular complexity index is 101. The Hall–Kier alpha value is -0.610. The maximum absolute atomic E-state index is 9.71. The summed E-state index contributed by atoms with van der Waals surface area (Å²) in [5.41, 5.74) is 0. The predicted octanol–water partition coefficient (Wildman–Crippen LogP) is -1.49. The number of nitrogens with one attached hydrogen (secondary N) is 2. The quantitative estimate of drug-likeness (QED) is 0.371. The molecule has 1 aliphatic rings. The second-order valence-electron chi connectivity index (χ2n) is 2.30. The maximum atomic E-state index is 9.71. The van der Waals surface area contributed by atoms with Crippen LogP contribution in [0.25, 0.3) is 0 Å². The average molecular weight is 142 g/mol. The highest BCUT2D eigenvalue weighted by Crippen LogP contribution is 1.88. The maximum Gasteiger partial charge on any atom is 0.309 e. The summed E-state index contributed by atoms with van der Waals surface area (Å²) >= 11 is 0. The molecule has 0 aliphatic carbocycles. The number of nitrogens with zero attached hydrogens (tertiary/aromatic N) is 1. The highest BCUT2D eigenvalue weighted by molar-refractivity contribution is 5.46. The van der Waals surface area contributed by atoms with E-state index in [1.165, 1.54) is 0 Å². The van der Waals surface area contributed by atoms with Crippen LogP contribution < -0.4 is 10.6 Å². The van der Waals surface area contributed by atoms with Crippen molar-refractivity contribution in [2.45, 2.75) is 0 Å². The van der Waals surface area contributed by atoms with Crippen LogP contribution in [0.15, 0.2) is 0 Å². The van der Waals surface area contributed by atoms with Crippen molar-refractivity contribution in [1.29, 1.82) is 0 Å². The molecule has 1 saturated heterocycles. The molecule has 1 aliphatic heterocycles. The number of carbonyl (C=O) groups excluding carboxylic acids is 1. The van der Waals surface area contributed by atoms with Crippen LogP contribution >= 0.6 is 0 Å². The molecule has 1 fully saturated rings. The molecule has 0 spiro atoms. The minimum absolute atomic E-state index is 0.700. The molecule has 0 unspecified atom stereocenters. The molecule has 2 N–H and O–H groups in total. The fraction of sp³-hybridized carbons (Fsp3) is 0.833. The summed E-state index contributed by atoms with van der Waals surface area (Å²) < 4.78 is 0. The van der Waals surface area contributed by atoms with Crippen molar-refractivity contribution in [3.05, 3.63) is 0 Å². The first-order valence-electron chi connectivity index (χ1n) is 3.46. The van der Waals surface area contributed by atoms with Crippen LogP contribution in [0.4, 0.5) is 0 Å². The monoisotopic (exact) mass is 142 g/mol. The number of amides is 1. The van der Waals surface area contributed by atoms with Crippen LogP contribution in [-0.4, -0.2) is 44.2 Å². The van der Waals surface area contributed by atoms with Gasteiger partial charge in [-0.25, -0.2) is 0 Å². The molecule has 0 aromatic carbocycles. The number of rotatable bonds is 4. The normalized spacial score (nSPS) is 19.2. The Morgan fingerprint density at radius 3 is 3.20 bits per heavy atom. The molecular formula is C6H12N3O. The predicted molar refractivity (Wildman–Crippen MR) is 38.1 cm³/mol. The molecule has 10 heavy (non-hydrogen) atoms. The largest absolute Gasteiger partial charge is 0.347 e. The summed E-state index contributed by atoms with van der Waals surface area (Å²) in [5, 5.41) is 5.70. The standard InChI is InChI=1S/C6H12N3O/c10-6-8-2-4-9-3-1-7-5-9/h7H,1-5H2,(H,8,10). The van der Waals surface area contributed by atoms with Gasteiger partial charge in [-0.3, -0.25) is 9.69 Å². The minimum Gasteiger partial charge on any atom is -0.347 e. The lowest BCUT2D eigenvalue weighted by atomic mass is 10.5. The van der Waals surface area contributed by atoms with E-state index in [2.05, 4.69) is 15.5 Å². The summed E-state index contributed by atoms with van der Waals surface area (Å²) in [4.78, 5) is 11.9. The SMILES string of the molecule is O=[C]NCCN1CCNC1. The van der Waals surface area contributed by atoms with Gasteiger partial charge < -0.3 is 10.6 Å². The van der Waals surface area contributed by atoms with E-state index in [-0.39, 0.29) is 0 Å². The Morgan fingerprint density at radius 1 is 1.70 bits per heavy atom. The lowest BCUT2D eigenvalue weighted by Gasteiger charge is -2.11. The van der Waals surface area contributed by atoms with Crippen molar-refractivity contribution in [2.75, 3.05) is 32.8 Å². The van der Waals surface area contributed by atoms with Gasteiger partial charge in [0.05, 0.1) is 0 Å². The van der Waals surface area contributed by atoms with Crippen molar-refractivity contribution < 1.29 is 4.79 Å². The molecule has 1 amide bonds. The van der Waals surface area contributed by atoms with E-state index >= 15 is 0 Å². The first kappa shape index (κ1) is 7.50. The van der Waals surface area contributed by atoms with Gasteiger partial charge in [-0.1, -0.05) is 0 Å². The van der Waals surface area contributed by atoms with Crippen molar-refractivity contribution >= 4 is 6.41 Å². The molecule has 0 bridgehead atoms. The van der Waals surface area contributed by atoms with E-state index in [0.717, 1.165) is 26.3 Å². The van der Waals surface area contributed by atoms with Crippen LogP contribution in [0.2, 0.25) is 0 Å². The second kappa shape index (κ2) is 4.24. The van der Waals surface area contributed by atoms with E-state index < -0.39 is 0 Å². The van der Waals surface area contributed by atoms with Gasteiger partial charge in [0.25, 0.3) is 0 Å². The molecule has 1 rings (SSSR count). The van der Waals surface area contributed by atoms with Gasteiger partial charge in [-0.05, 0) is 0 Å². The molecule has 1 radical (unpaired) electrons. The van der Waals surface area contributed by atoms with E-state index in [9.17, 15) is 4.79 Å². The zero-order valence-corrected chi connectivity index (χ0v) is 5.89. The van der Waals surface area contributed by atoms with Crippen molar-refractivity contribution in [3.8, 4) is 0 Å². The lowest BCUT2D eigenvalue weighted by molar-refractivity contribution is 0.338. The lowest BCUT2D eigenvalue weighted by Crippen LogP contribution is -2.30. The first-order valence-corrected chi connectivity index (χ1v) is 3.46. The highest BCUT2D eigenvalue weighted by Gasteiger charge is 2.08. The number of hydrogen-bond acceptors (Lipinski definition) is 3. The molecule has 1 heterocycles. The fourth-order valence-electron chi connectivity index (χ4n) is 1.01. The van der Waals surface area contributed by atoms with Crippen molar-refractivity contribution in [1.82, 2.24) is 15.5 Å². The Balaban J connectivity index is 1.96. The van der Waals surface area contributed by atoms with Gasteiger partial charge in [0.15, 0.2) is 0 Å². The van der Waals surface area contributed by atoms with Gasteiger partial charge in [-0.15, -0.1) is 0 Å².